The Morgan fingerprint density at radius 2 is 1.86 bits per heavy atom. The summed E-state index contributed by atoms with van der Waals surface area (Å²) in [6, 6.07) is -0.791. The van der Waals surface area contributed by atoms with Gasteiger partial charge in [0.15, 0.2) is 0 Å². The topological polar surface area (TPSA) is 66.5 Å². The number of urea groups is 1. The lowest BCUT2D eigenvalue weighted by atomic mass is 10.0. The van der Waals surface area contributed by atoms with Crippen LogP contribution in [0, 0.1) is 5.41 Å². The van der Waals surface area contributed by atoms with Crippen molar-refractivity contribution in [3.63, 3.8) is 0 Å². The maximum atomic E-state index is 11.8. The predicted octanol–water partition coefficient (Wildman–Crippen LogP) is 0.253. The van der Waals surface area contributed by atoms with Crippen molar-refractivity contribution in [2.24, 2.45) is 5.41 Å². The van der Waals surface area contributed by atoms with E-state index in [0.29, 0.717) is 12.8 Å². The number of carbonyl (C=O) groups excluding carboxylic acids is 3. The average Bonchev–Trinajstić information content (AvgIpc) is 2.80. The molecule has 2 rings (SSSR count). The molecule has 1 aliphatic heterocycles. The van der Waals surface area contributed by atoms with Gasteiger partial charge in [0.25, 0.3) is 0 Å². The summed E-state index contributed by atoms with van der Waals surface area (Å²) < 4.78 is 0. The lowest BCUT2D eigenvalue weighted by molar-refractivity contribution is -0.145. The fourth-order valence-corrected chi connectivity index (χ4v) is 1.73. The van der Waals surface area contributed by atoms with Crippen LogP contribution in [0.1, 0.15) is 26.7 Å². The largest absolute Gasteiger partial charge is 0.331 e. The third-order valence-corrected chi connectivity index (χ3v) is 2.77. The summed E-state index contributed by atoms with van der Waals surface area (Å²) in [7, 11) is 0. The van der Waals surface area contributed by atoms with Crippen molar-refractivity contribution in [2.45, 2.75) is 32.7 Å². The second-order valence-electron chi connectivity index (χ2n) is 4.11. The van der Waals surface area contributed by atoms with E-state index < -0.39 is 17.4 Å². The van der Waals surface area contributed by atoms with Crippen molar-refractivity contribution in [3.05, 3.63) is 0 Å². The van der Waals surface area contributed by atoms with Crippen LogP contribution in [0.15, 0.2) is 0 Å². The van der Waals surface area contributed by atoms with Gasteiger partial charge in [-0.05, 0) is 26.7 Å². The Kier molecular flexibility index (Phi) is 1.68. The van der Waals surface area contributed by atoms with Gasteiger partial charge in [0.1, 0.15) is 5.41 Å². The van der Waals surface area contributed by atoms with Crippen LogP contribution in [-0.4, -0.2) is 28.8 Å². The molecule has 0 unspecified atom stereocenters. The minimum Gasteiger partial charge on any atom is -0.277 e. The highest BCUT2D eigenvalue weighted by Gasteiger charge is 2.62. The monoisotopic (exact) mass is 196 g/mol. The molecule has 0 bridgehead atoms. The predicted molar refractivity (Wildman–Crippen MR) is 47.2 cm³/mol. The van der Waals surface area contributed by atoms with Gasteiger partial charge in [0, 0.05) is 6.04 Å². The fourth-order valence-electron chi connectivity index (χ4n) is 1.73. The van der Waals surface area contributed by atoms with Crippen LogP contribution in [0.5, 0.6) is 0 Å². The summed E-state index contributed by atoms with van der Waals surface area (Å²) in [6.07, 6.45) is 1.13. The van der Waals surface area contributed by atoms with Gasteiger partial charge in [0.05, 0.1) is 0 Å². The molecule has 1 saturated carbocycles. The van der Waals surface area contributed by atoms with Gasteiger partial charge in [-0.15, -0.1) is 0 Å². The minimum atomic E-state index is -0.905. The van der Waals surface area contributed by atoms with Gasteiger partial charge in [-0.2, -0.15) is 0 Å². The Balaban J connectivity index is 2.32. The van der Waals surface area contributed by atoms with Gasteiger partial charge in [-0.1, -0.05) is 0 Å². The number of hydrogen-bond acceptors (Lipinski definition) is 3. The molecule has 5 heteroatoms. The Bertz CT molecular complexity index is 331. The Labute approximate surface area is 81.4 Å². The number of amides is 4. The van der Waals surface area contributed by atoms with E-state index in [2.05, 4.69) is 5.32 Å². The second kappa shape index (κ2) is 2.56. The van der Waals surface area contributed by atoms with E-state index >= 15 is 0 Å². The van der Waals surface area contributed by atoms with Crippen LogP contribution in [-0.2, 0) is 9.59 Å². The van der Waals surface area contributed by atoms with Crippen LogP contribution in [0.2, 0.25) is 0 Å². The van der Waals surface area contributed by atoms with Crippen molar-refractivity contribution in [1.82, 2.24) is 10.2 Å². The van der Waals surface area contributed by atoms with Crippen LogP contribution in [0.4, 0.5) is 4.79 Å². The molecule has 4 amide bonds. The van der Waals surface area contributed by atoms with E-state index in [-0.39, 0.29) is 11.9 Å². The Morgan fingerprint density at radius 3 is 2.29 bits per heavy atom. The SMILES string of the molecule is CC(C)N1C(=O)NC(=O)C2(CC2)C1=O. The molecule has 0 aromatic heterocycles. The molecule has 1 saturated heterocycles. The summed E-state index contributed by atoms with van der Waals surface area (Å²) >= 11 is 0. The van der Waals surface area contributed by atoms with Gasteiger partial charge in [-0.25, -0.2) is 4.79 Å². The summed E-state index contributed by atoms with van der Waals surface area (Å²) in [5.41, 5.74) is -0.905. The number of hydrogen-bond donors (Lipinski definition) is 1. The Hall–Kier alpha value is -1.39. The van der Waals surface area contributed by atoms with E-state index in [1.807, 2.05) is 0 Å². The molecule has 0 atom stereocenters. The molecule has 1 heterocycles. The maximum Gasteiger partial charge on any atom is 0.331 e. The first-order chi connectivity index (χ1) is 6.49. The molecule has 14 heavy (non-hydrogen) atoms. The van der Waals surface area contributed by atoms with Crippen molar-refractivity contribution < 1.29 is 14.4 Å². The molecule has 76 valence electrons. The lowest BCUT2D eigenvalue weighted by Gasteiger charge is -2.32. The average molecular weight is 196 g/mol. The van der Waals surface area contributed by atoms with Gasteiger partial charge >= 0.3 is 6.03 Å². The molecule has 1 N–H and O–H groups in total. The van der Waals surface area contributed by atoms with Gasteiger partial charge in [0.2, 0.25) is 11.8 Å². The van der Waals surface area contributed by atoms with E-state index in [1.54, 1.807) is 13.8 Å². The molecule has 0 aromatic rings. The first-order valence-corrected chi connectivity index (χ1v) is 4.68. The van der Waals surface area contributed by atoms with Gasteiger partial charge < -0.3 is 0 Å². The number of nitrogens with zero attached hydrogens (tertiary/aromatic N) is 1. The molecular weight excluding hydrogens is 184 g/mol. The van der Waals surface area contributed by atoms with Crippen molar-refractivity contribution >= 4 is 17.8 Å². The number of carbonyl (C=O) groups is 3. The zero-order valence-electron chi connectivity index (χ0n) is 8.16. The highest BCUT2D eigenvalue weighted by Crippen LogP contribution is 2.49. The van der Waals surface area contributed by atoms with E-state index in [9.17, 15) is 14.4 Å². The maximum absolute atomic E-state index is 11.8. The molecule has 2 fully saturated rings. The first-order valence-electron chi connectivity index (χ1n) is 4.68. The van der Waals surface area contributed by atoms with E-state index in [4.69, 9.17) is 0 Å². The molecule has 0 aromatic carbocycles. The van der Waals surface area contributed by atoms with Crippen LogP contribution in [0.3, 0.4) is 0 Å². The molecule has 1 aliphatic carbocycles. The van der Waals surface area contributed by atoms with Gasteiger partial charge in [-0.3, -0.25) is 19.8 Å². The number of imide groups is 2. The summed E-state index contributed by atoms with van der Waals surface area (Å²) in [5.74, 6) is -0.759. The van der Waals surface area contributed by atoms with Crippen molar-refractivity contribution in [1.29, 1.82) is 0 Å². The van der Waals surface area contributed by atoms with E-state index in [0.717, 1.165) is 4.90 Å². The quantitative estimate of drug-likeness (QED) is 0.611. The number of barbiturate groups is 1. The lowest BCUT2D eigenvalue weighted by Crippen LogP contribution is -2.61. The third-order valence-electron chi connectivity index (χ3n) is 2.77. The standard InChI is InChI=1S/C9H12N2O3/c1-5(2)11-7(13)9(3-4-9)6(12)10-8(11)14/h5H,3-4H2,1-2H3,(H,10,12,14). The Morgan fingerprint density at radius 1 is 1.29 bits per heavy atom. The van der Waals surface area contributed by atoms with Crippen LogP contribution in [0.25, 0.3) is 0 Å². The zero-order chi connectivity index (χ0) is 10.5. The summed E-state index contributed by atoms with van der Waals surface area (Å²) in [6.45, 7) is 3.51. The second-order valence-corrected chi connectivity index (χ2v) is 4.11. The minimum absolute atomic E-state index is 0.201. The van der Waals surface area contributed by atoms with E-state index in [1.165, 1.54) is 0 Å². The smallest absolute Gasteiger partial charge is 0.277 e. The molecular formula is C9H12N2O3. The highest BCUT2D eigenvalue weighted by atomic mass is 16.2. The van der Waals surface area contributed by atoms with Crippen molar-refractivity contribution in [2.75, 3.05) is 0 Å². The van der Waals surface area contributed by atoms with Crippen LogP contribution < -0.4 is 5.32 Å². The third kappa shape index (κ3) is 0.981. The molecule has 0 radical (unpaired) electrons. The number of rotatable bonds is 1. The normalized spacial score (nSPS) is 24.5. The van der Waals surface area contributed by atoms with Crippen molar-refractivity contribution in [3.8, 4) is 0 Å². The highest BCUT2D eigenvalue weighted by molar-refractivity contribution is 6.20. The molecule has 5 nitrogen and oxygen atoms in total. The summed E-state index contributed by atoms with van der Waals surface area (Å²) in [5, 5.41) is 2.22. The molecule has 1 spiro atoms. The first kappa shape index (κ1) is 9.18. The fraction of sp³-hybridized carbons (Fsp3) is 0.667. The molecule has 2 aliphatic rings. The summed E-state index contributed by atoms with van der Waals surface area (Å²) in [4.78, 5) is 35.7. The number of nitrogens with one attached hydrogen (secondary N) is 1. The zero-order valence-corrected chi connectivity index (χ0v) is 8.16. The van der Waals surface area contributed by atoms with Crippen LogP contribution >= 0.6 is 0 Å².